The highest BCUT2D eigenvalue weighted by Gasteiger charge is 2.26. The van der Waals surface area contributed by atoms with Crippen molar-refractivity contribution in [1.82, 2.24) is 9.97 Å². The van der Waals surface area contributed by atoms with Gasteiger partial charge in [0, 0.05) is 31.3 Å². The average Bonchev–Trinajstić information content (AvgIpc) is 2.69. The molecule has 0 fully saturated rings. The van der Waals surface area contributed by atoms with Gasteiger partial charge in [0.25, 0.3) is 0 Å². The van der Waals surface area contributed by atoms with Gasteiger partial charge in [-0.3, -0.25) is 4.79 Å². The highest BCUT2D eigenvalue weighted by molar-refractivity contribution is 5.76. The second-order valence-electron chi connectivity index (χ2n) is 4.54. The molecule has 0 saturated heterocycles. The van der Waals surface area contributed by atoms with Gasteiger partial charge >= 0.3 is 5.97 Å². The van der Waals surface area contributed by atoms with E-state index in [4.69, 9.17) is 15.6 Å². The van der Waals surface area contributed by atoms with Gasteiger partial charge in [0.05, 0.1) is 6.33 Å². The number of nitrogens with one attached hydrogen (secondary N) is 1. The Bertz CT molecular complexity index is 349. The van der Waals surface area contributed by atoms with Crippen molar-refractivity contribution in [2.75, 3.05) is 6.61 Å². The van der Waals surface area contributed by atoms with Crippen LogP contribution in [-0.2, 0) is 16.0 Å². The number of ether oxygens (including phenoxy) is 1. The van der Waals surface area contributed by atoms with E-state index in [9.17, 15) is 4.79 Å². The zero-order valence-electron chi connectivity index (χ0n) is 10.1. The van der Waals surface area contributed by atoms with Crippen LogP contribution in [0.1, 0.15) is 26.0 Å². The highest BCUT2D eigenvalue weighted by atomic mass is 16.6. The third-order valence-electron chi connectivity index (χ3n) is 2.39. The lowest BCUT2D eigenvalue weighted by atomic mass is 10.1. The fraction of sp³-hybridized carbons (Fsp3) is 0.636. The summed E-state index contributed by atoms with van der Waals surface area (Å²) in [6, 6.07) is -0.728. The van der Waals surface area contributed by atoms with E-state index in [1.165, 1.54) is 6.33 Å². The van der Waals surface area contributed by atoms with Crippen LogP contribution in [0.3, 0.4) is 0 Å². The van der Waals surface area contributed by atoms with Gasteiger partial charge < -0.3 is 20.6 Å². The Morgan fingerprint density at radius 2 is 2.41 bits per heavy atom. The van der Waals surface area contributed by atoms with Crippen molar-refractivity contribution in [3.63, 3.8) is 0 Å². The summed E-state index contributed by atoms with van der Waals surface area (Å²) < 4.78 is 5.23. The van der Waals surface area contributed by atoms with Gasteiger partial charge in [-0.25, -0.2) is 4.98 Å². The monoisotopic (exact) mass is 241 g/mol. The van der Waals surface area contributed by atoms with Crippen LogP contribution in [0.15, 0.2) is 12.5 Å². The van der Waals surface area contributed by atoms with Crippen molar-refractivity contribution in [2.45, 2.75) is 38.3 Å². The molecule has 0 amide bonds. The predicted octanol–water partition coefficient (Wildman–Crippen LogP) is -0.0163. The Hall–Kier alpha value is -1.40. The summed E-state index contributed by atoms with van der Waals surface area (Å²) in [4.78, 5) is 18.4. The predicted molar refractivity (Wildman–Crippen MR) is 62.1 cm³/mol. The number of nitrogens with zero attached hydrogens (tertiary/aromatic N) is 1. The van der Waals surface area contributed by atoms with Crippen molar-refractivity contribution in [3.8, 4) is 0 Å². The van der Waals surface area contributed by atoms with Gasteiger partial charge in [-0.15, -0.1) is 0 Å². The maximum absolute atomic E-state index is 11.7. The summed E-state index contributed by atoms with van der Waals surface area (Å²) in [6.07, 6.45) is 3.89. The molecule has 0 aliphatic heterocycles. The smallest absolute Gasteiger partial charge is 0.323 e. The molecular weight excluding hydrogens is 222 g/mol. The highest BCUT2D eigenvalue weighted by Crippen LogP contribution is 2.15. The van der Waals surface area contributed by atoms with Crippen LogP contribution in [0.2, 0.25) is 0 Å². The summed E-state index contributed by atoms with van der Waals surface area (Å²) in [6.45, 7) is 3.45. The minimum atomic E-state index is -0.728. The molecule has 1 heterocycles. The first kappa shape index (κ1) is 13.7. The van der Waals surface area contributed by atoms with Crippen molar-refractivity contribution >= 4 is 5.97 Å². The normalized spacial score (nSPS) is 13.4. The molecule has 0 bridgehead atoms. The number of aliphatic hydroxyl groups excluding tert-OH is 1. The fourth-order valence-electron chi connectivity index (χ4n) is 1.38. The second kappa shape index (κ2) is 5.79. The number of esters is 1. The molecular formula is C11H19N3O3. The van der Waals surface area contributed by atoms with E-state index in [1.54, 1.807) is 20.0 Å². The van der Waals surface area contributed by atoms with Gasteiger partial charge in [-0.1, -0.05) is 0 Å². The maximum atomic E-state index is 11.7. The lowest BCUT2D eigenvalue weighted by Gasteiger charge is -2.25. The zero-order chi connectivity index (χ0) is 12.9. The van der Waals surface area contributed by atoms with E-state index in [2.05, 4.69) is 9.97 Å². The van der Waals surface area contributed by atoms with Crippen LogP contribution >= 0.6 is 0 Å². The Kier molecular flexibility index (Phi) is 4.65. The number of rotatable bonds is 6. The zero-order valence-corrected chi connectivity index (χ0v) is 10.1. The molecule has 1 aromatic rings. The third kappa shape index (κ3) is 4.54. The molecule has 1 rings (SSSR count). The number of carbonyl (C=O) groups is 1. The van der Waals surface area contributed by atoms with Crippen molar-refractivity contribution < 1.29 is 14.6 Å². The molecule has 96 valence electrons. The van der Waals surface area contributed by atoms with E-state index >= 15 is 0 Å². The van der Waals surface area contributed by atoms with Crippen LogP contribution in [0.4, 0.5) is 0 Å². The van der Waals surface area contributed by atoms with Crippen LogP contribution in [0, 0.1) is 0 Å². The number of imidazole rings is 1. The minimum absolute atomic E-state index is 0.0317. The molecule has 0 radical (unpaired) electrons. The first-order valence-corrected chi connectivity index (χ1v) is 5.51. The number of hydrogen-bond donors (Lipinski definition) is 3. The summed E-state index contributed by atoms with van der Waals surface area (Å²) >= 11 is 0. The van der Waals surface area contributed by atoms with E-state index < -0.39 is 17.6 Å². The molecule has 0 saturated carbocycles. The molecule has 0 spiro atoms. The number of aromatic amines is 1. The number of H-pyrrole nitrogens is 1. The van der Waals surface area contributed by atoms with Gasteiger partial charge in [-0.05, 0) is 13.8 Å². The van der Waals surface area contributed by atoms with Gasteiger partial charge in [0.15, 0.2) is 0 Å². The van der Waals surface area contributed by atoms with Gasteiger partial charge in [0.2, 0.25) is 0 Å². The van der Waals surface area contributed by atoms with Gasteiger partial charge in [0.1, 0.15) is 11.6 Å². The molecule has 0 aliphatic carbocycles. The number of nitrogens with two attached hydrogens (primary N) is 1. The van der Waals surface area contributed by atoms with Crippen LogP contribution < -0.4 is 5.73 Å². The topological polar surface area (TPSA) is 101 Å². The van der Waals surface area contributed by atoms with Crippen LogP contribution in [-0.4, -0.2) is 39.3 Å². The van der Waals surface area contributed by atoms with Gasteiger partial charge in [-0.2, -0.15) is 0 Å². The van der Waals surface area contributed by atoms with E-state index in [1.807, 2.05) is 0 Å². The standard InChI is InChI=1S/C11H19N3O3/c1-11(2,3-4-15)17-10(16)9(12)5-8-6-13-7-14-8/h6-7,9,15H,3-5,12H2,1-2H3,(H,13,14). The van der Waals surface area contributed by atoms with E-state index in [0.29, 0.717) is 12.8 Å². The Labute approximate surface area is 100 Å². The average molecular weight is 241 g/mol. The summed E-state index contributed by atoms with van der Waals surface area (Å²) in [5.74, 6) is -0.474. The summed E-state index contributed by atoms with van der Waals surface area (Å²) in [5, 5.41) is 8.82. The number of carbonyl (C=O) groups excluding carboxylic acids is 1. The quantitative estimate of drug-likeness (QED) is 0.608. The molecule has 17 heavy (non-hydrogen) atoms. The second-order valence-corrected chi connectivity index (χ2v) is 4.54. The lowest BCUT2D eigenvalue weighted by molar-refractivity contribution is -0.159. The summed E-state index contributed by atoms with van der Waals surface area (Å²) in [5.41, 5.74) is 5.82. The minimum Gasteiger partial charge on any atom is -0.458 e. The Morgan fingerprint density at radius 1 is 1.71 bits per heavy atom. The molecule has 0 aromatic carbocycles. The molecule has 4 N–H and O–H groups in total. The van der Waals surface area contributed by atoms with Crippen molar-refractivity contribution in [3.05, 3.63) is 18.2 Å². The third-order valence-corrected chi connectivity index (χ3v) is 2.39. The number of aliphatic hydroxyl groups is 1. The summed E-state index contributed by atoms with van der Waals surface area (Å²) in [7, 11) is 0. The molecule has 1 unspecified atom stereocenters. The molecule has 1 atom stereocenters. The first-order valence-electron chi connectivity index (χ1n) is 5.51. The first-order chi connectivity index (χ1) is 7.94. The van der Waals surface area contributed by atoms with Crippen molar-refractivity contribution in [1.29, 1.82) is 0 Å². The van der Waals surface area contributed by atoms with Crippen LogP contribution in [0.5, 0.6) is 0 Å². The SMILES string of the molecule is CC(C)(CCO)OC(=O)C(N)Cc1cnc[nH]1. The molecule has 6 nitrogen and oxygen atoms in total. The fourth-order valence-corrected chi connectivity index (χ4v) is 1.38. The molecule has 1 aromatic heterocycles. The largest absolute Gasteiger partial charge is 0.458 e. The molecule has 6 heteroatoms. The maximum Gasteiger partial charge on any atom is 0.323 e. The molecule has 0 aliphatic rings. The van der Waals surface area contributed by atoms with Crippen LogP contribution in [0.25, 0.3) is 0 Å². The Balaban J connectivity index is 2.47. The number of hydrogen-bond acceptors (Lipinski definition) is 5. The van der Waals surface area contributed by atoms with Crippen molar-refractivity contribution in [2.24, 2.45) is 5.73 Å². The lowest BCUT2D eigenvalue weighted by Crippen LogP contribution is -2.40. The Morgan fingerprint density at radius 3 is 2.94 bits per heavy atom. The number of aromatic nitrogens is 2. The van der Waals surface area contributed by atoms with E-state index in [0.717, 1.165) is 5.69 Å². The van der Waals surface area contributed by atoms with E-state index in [-0.39, 0.29) is 6.61 Å².